The summed E-state index contributed by atoms with van der Waals surface area (Å²) in [5.74, 6) is 0. The van der Waals surface area contributed by atoms with E-state index >= 15 is 0 Å². The van der Waals surface area contributed by atoms with Crippen LogP contribution < -0.4 is 0 Å². The first-order valence-corrected chi connectivity index (χ1v) is 7.53. The highest BCUT2D eigenvalue weighted by Gasteiger charge is 1.93. The Morgan fingerprint density at radius 1 is 0.833 bits per heavy atom. The van der Waals surface area contributed by atoms with Gasteiger partial charge in [-0.1, -0.05) is 51.9 Å². The predicted molar refractivity (Wildman–Crippen MR) is 75.7 cm³/mol. The molecule has 18 heavy (non-hydrogen) atoms. The lowest BCUT2D eigenvalue weighted by Gasteiger charge is -2.03. The lowest BCUT2D eigenvalue weighted by molar-refractivity contribution is 0.127. The minimum absolute atomic E-state index is 0.651. The molecule has 0 saturated heterocycles. The molecule has 0 radical (unpaired) electrons. The van der Waals surface area contributed by atoms with Crippen molar-refractivity contribution in [3.05, 3.63) is 0 Å². The van der Waals surface area contributed by atoms with Crippen molar-refractivity contribution in [2.75, 3.05) is 19.8 Å². The Morgan fingerprint density at radius 3 is 2.00 bits per heavy atom. The molecule has 0 spiro atoms. The Labute approximate surface area is 112 Å². The monoisotopic (exact) mass is 255 g/mol. The van der Waals surface area contributed by atoms with Crippen LogP contribution >= 0.6 is 0 Å². The Balaban J connectivity index is 2.92. The molecule has 0 aliphatic carbocycles. The zero-order valence-corrected chi connectivity index (χ0v) is 12.0. The standard InChI is InChI=1S/C15H29NO2/c1-2-3-13-18-14-11-9-7-5-4-6-8-10-12-16-15-17/h2-14H2,1H3. The maximum Gasteiger partial charge on any atom is 0.234 e. The molecule has 0 aromatic rings. The Kier molecular flexibility index (Phi) is 15.7. The number of nitrogens with zero attached hydrogens (tertiary/aromatic N) is 1. The van der Waals surface area contributed by atoms with Crippen molar-refractivity contribution in [3.8, 4) is 0 Å². The van der Waals surface area contributed by atoms with Crippen LogP contribution in [0.2, 0.25) is 0 Å². The molecule has 0 atom stereocenters. The zero-order valence-electron chi connectivity index (χ0n) is 12.0. The molecule has 0 bridgehead atoms. The lowest BCUT2D eigenvalue weighted by atomic mass is 10.1. The minimum atomic E-state index is 0.651. The van der Waals surface area contributed by atoms with Gasteiger partial charge < -0.3 is 4.74 Å². The van der Waals surface area contributed by atoms with E-state index in [1.54, 1.807) is 6.08 Å². The van der Waals surface area contributed by atoms with Crippen molar-refractivity contribution in [2.45, 2.75) is 71.1 Å². The van der Waals surface area contributed by atoms with Gasteiger partial charge >= 0.3 is 0 Å². The van der Waals surface area contributed by atoms with Crippen molar-refractivity contribution < 1.29 is 9.53 Å². The summed E-state index contributed by atoms with van der Waals surface area (Å²) in [6.07, 6.45) is 13.9. The van der Waals surface area contributed by atoms with E-state index < -0.39 is 0 Å². The minimum Gasteiger partial charge on any atom is -0.381 e. The van der Waals surface area contributed by atoms with E-state index in [2.05, 4.69) is 11.9 Å². The fourth-order valence-electron chi connectivity index (χ4n) is 1.85. The highest BCUT2D eigenvalue weighted by atomic mass is 16.5. The summed E-state index contributed by atoms with van der Waals surface area (Å²) in [6, 6.07) is 0. The van der Waals surface area contributed by atoms with Crippen LogP contribution in [0.4, 0.5) is 0 Å². The fourth-order valence-corrected chi connectivity index (χ4v) is 1.85. The van der Waals surface area contributed by atoms with E-state index in [1.807, 2.05) is 0 Å². The second-order valence-electron chi connectivity index (χ2n) is 4.77. The summed E-state index contributed by atoms with van der Waals surface area (Å²) in [5, 5.41) is 0. The largest absolute Gasteiger partial charge is 0.381 e. The van der Waals surface area contributed by atoms with Gasteiger partial charge in [-0.2, -0.15) is 0 Å². The third-order valence-corrected chi connectivity index (χ3v) is 3.02. The highest BCUT2D eigenvalue weighted by Crippen LogP contribution is 2.08. The summed E-state index contributed by atoms with van der Waals surface area (Å²) in [6.45, 7) is 4.71. The number of aliphatic imine (C=N–C) groups is 1. The lowest BCUT2D eigenvalue weighted by Crippen LogP contribution is -1.96. The number of isocyanates is 1. The van der Waals surface area contributed by atoms with E-state index in [4.69, 9.17) is 4.74 Å². The molecule has 0 amide bonds. The summed E-state index contributed by atoms with van der Waals surface area (Å²) in [7, 11) is 0. The van der Waals surface area contributed by atoms with Crippen LogP contribution in [-0.2, 0) is 9.53 Å². The van der Waals surface area contributed by atoms with Gasteiger partial charge in [-0.3, -0.25) is 0 Å². The molecular weight excluding hydrogens is 226 g/mol. The SMILES string of the molecule is CCCCOCCCCCCCCCCN=C=O. The molecule has 0 aliphatic rings. The quantitative estimate of drug-likeness (QED) is 0.264. The second-order valence-corrected chi connectivity index (χ2v) is 4.77. The van der Waals surface area contributed by atoms with Gasteiger partial charge in [0.25, 0.3) is 0 Å². The van der Waals surface area contributed by atoms with Gasteiger partial charge in [0.15, 0.2) is 0 Å². The molecule has 3 heteroatoms. The summed E-state index contributed by atoms with van der Waals surface area (Å²) >= 11 is 0. The van der Waals surface area contributed by atoms with E-state index in [0.717, 1.165) is 19.6 Å². The number of rotatable bonds is 14. The van der Waals surface area contributed by atoms with Gasteiger partial charge in [-0.15, -0.1) is 0 Å². The molecule has 0 aromatic heterocycles. The summed E-state index contributed by atoms with van der Waals surface area (Å²) in [4.78, 5) is 13.4. The molecule has 0 heterocycles. The van der Waals surface area contributed by atoms with Gasteiger partial charge in [-0.25, -0.2) is 9.79 Å². The summed E-state index contributed by atoms with van der Waals surface area (Å²) < 4.78 is 5.51. The molecule has 0 aromatic carbocycles. The predicted octanol–water partition coefficient (Wildman–Crippen LogP) is 4.26. The number of unbranched alkanes of at least 4 members (excludes halogenated alkanes) is 8. The summed E-state index contributed by atoms with van der Waals surface area (Å²) in [5.41, 5.74) is 0. The third-order valence-electron chi connectivity index (χ3n) is 3.02. The number of hydrogen-bond donors (Lipinski definition) is 0. The van der Waals surface area contributed by atoms with Crippen molar-refractivity contribution >= 4 is 6.08 Å². The highest BCUT2D eigenvalue weighted by molar-refractivity contribution is 5.32. The molecule has 106 valence electrons. The average Bonchev–Trinajstić information content (AvgIpc) is 2.39. The molecule has 0 N–H and O–H groups in total. The Morgan fingerprint density at radius 2 is 1.39 bits per heavy atom. The van der Waals surface area contributed by atoms with Crippen LogP contribution in [-0.4, -0.2) is 25.8 Å². The van der Waals surface area contributed by atoms with Crippen molar-refractivity contribution in [2.24, 2.45) is 4.99 Å². The normalized spacial score (nSPS) is 10.3. The maximum absolute atomic E-state index is 9.82. The first kappa shape index (κ1) is 17.3. The van der Waals surface area contributed by atoms with Crippen LogP contribution in [0.25, 0.3) is 0 Å². The van der Waals surface area contributed by atoms with Crippen molar-refractivity contribution in [1.82, 2.24) is 0 Å². The Hall–Kier alpha value is -0.660. The van der Waals surface area contributed by atoms with E-state index in [0.29, 0.717) is 6.54 Å². The van der Waals surface area contributed by atoms with E-state index in [1.165, 1.54) is 57.8 Å². The van der Waals surface area contributed by atoms with Gasteiger partial charge in [0.2, 0.25) is 6.08 Å². The number of hydrogen-bond acceptors (Lipinski definition) is 3. The van der Waals surface area contributed by atoms with E-state index in [9.17, 15) is 4.79 Å². The van der Waals surface area contributed by atoms with Crippen LogP contribution in [0.1, 0.15) is 71.1 Å². The van der Waals surface area contributed by atoms with Gasteiger partial charge in [0, 0.05) is 13.2 Å². The molecule has 0 fully saturated rings. The first-order valence-electron chi connectivity index (χ1n) is 7.53. The van der Waals surface area contributed by atoms with Crippen LogP contribution in [0, 0.1) is 0 Å². The molecule has 3 nitrogen and oxygen atoms in total. The van der Waals surface area contributed by atoms with Gasteiger partial charge in [0.1, 0.15) is 0 Å². The number of ether oxygens (including phenoxy) is 1. The number of carbonyl (C=O) groups excluding carboxylic acids is 1. The van der Waals surface area contributed by atoms with Crippen LogP contribution in [0.5, 0.6) is 0 Å². The third kappa shape index (κ3) is 15.3. The molecule has 0 aliphatic heterocycles. The van der Waals surface area contributed by atoms with Crippen LogP contribution in [0.15, 0.2) is 4.99 Å². The van der Waals surface area contributed by atoms with Crippen molar-refractivity contribution in [3.63, 3.8) is 0 Å². The second kappa shape index (κ2) is 16.3. The molecule has 0 unspecified atom stereocenters. The van der Waals surface area contributed by atoms with Crippen LogP contribution in [0.3, 0.4) is 0 Å². The first-order chi connectivity index (χ1) is 8.91. The topological polar surface area (TPSA) is 38.7 Å². The van der Waals surface area contributed by atoms with Gasteiger partial charge in [-0.05, 0) is 19.3 Å². The fraction of sp³-hybridized carbons (Fsp3) is 0.933. The maximum atomic E-state index is 9.82. The molecule has 0 rings (SSSR count). The smallest absolute Gasteiger partial charge is 0.234 e. The zero-order chi connectivity index (χ0) is 13.3. The van der Waals surface area contributed by atoms with Gasteiger partial charge in [0.05, 0.1) is 6.54 Å². The van der Waals surface area contributed by atoms with E-state index in [-0.39, 0.29) is 0 Å². The van der Waals surface area contributed by atoms with Crippen molar-refractivity contribution in [1.29, 1.82) is 0 Å². The Bertz CT molecular complexity index is 201. The molecular formula is C15H29NO2. The average molecular weight is 255 g/mol. The molecule has 0 saturated carbocycles.